The van der Waals surface area contributed by atoms with Crippen LogP contribution in [-0.4, -0.2) is 15.7 Å². The molecule has 0 unspecified atom stereocenters. The third-order valence-electron chi connectivity index (χ3n) is 2.77. The number of nitrogens with zero attached hydrogens (tertiary/aromatic N) is 2. The molecule has 0 fully saturated rings. The maximum Gasteiger partial charge on any atom is 0.259 e. The smallest absolute Gasteiger partial charge is 0.259 e. The van der Waals surface area contributed by atoms with Crippen molar-refractivity contribution in [2.75, 3.05) is 5.32 Å². The second-order valence-corrected chi connectivity index (χ2v) is 4.94. The van der Waals surface area contributed by atoms with E-state index in [1.165, 1.54) is 0 Å². The van der Waals surface area contributed by atoms with Gasteiger partial charge in [0.05, 0.1) is 11.8 Å². The molecule has 0 spiro atoms. The van der Waals surface area contributed by atoms with E-state index >= 15 is 0 Å². The summed E-state index contributed by atoms with van der Waals surface area (Å²) < 4.78 is 1.76. The maximum atomic E-state index is 12.1. The lowest BCUT2D eigenvalue weighted by atomic mass is 10.2. The Labute approximate surface area is 121 Å². The highest BCUT2D eigenvalue weighted by atomic mass is 35.5. The van der Waals surface area contributed by atoms with Gasteiger partial charge in [-0.15, -0.1) is 0 Å². The molecule has 0 atom stereocenters. The molecule has 100 valence electrons. The minimum atomic E-state index is -0.226. The Morgan fingerprint density at radius 1 is 1.32 bits per heavy atom. The van der Waals surface area contributed by atoms with Crippen LogP contribution in [0.2, 0.25) is 10.0 Å². The van der Waals surface area contributed by atoms with Crippen LogP contribution in [0.15, 0.2) is 24.4 Å². The first-order valence-corrected chi connectivity index (χ1v) is 6.56. The molecule has 0 saturated carbocycles. The zero-order valence-corrected chi connectivity index (χ0v) is 12.1. The number of nitrogens with one attached hydrogen (secondary N) is 1. The number of benzene rings is 1. The van der Waals surface area contributed by atoms with Gasteiger partial charge in [-0.25, -0.2) is 0 Å². The fourth-order valence-corrected chi connectivity index (χ4v) is 2.34. The molecular formula is C13H13Cl2N3O. The lowest BCUT2D eigenvalue weighted by Gasteiger charge is -2.06. The molecule has 2 aromatic rings. The van der Waals surface area contributed by atoms with Crippen molar-refractivity contribution in [2.45, 2.75) is 20.4 Å². The van der Waals surface area contributed by atoms with Crippen molar-refractivity contribution in [3.05, 3.63) is 45.7 Å². The Bertz CT molecular complexity index is 602. The van der Waals surface area contributed by atoms with Crippen molar-refractivity contribution in [3.63, 3.8) is 0 Å². The molecule has 1 amide bonds. The number of rotatable bonds is 3. The van der Waals surface area contributed by atoms with E-state index in [4.69, 9.17) is 23.2 Å². The molecule has 1 aromatic carbocycles. The minimum Gasteiger partial charge on any atom is -0.322 e. The van der Waals surface area contributed by atoms with Crippen molar-refractivity contribution in [2.24, 2.45) is 0 Å². The molecule has 0 radical (unpaired) electrons. The summed E-state index contributed by atoms with van der Waals surface area (Å²) >= 11 is 11.8. The number of aryl methyl sites for hydroxylation is 1. The summed E-state index contributed by atoms with van der Waals surface area (Å²) in [6.07, 6.45) is 1.56. The van der Waals surface area contributed by atoms with Gasteiger partial charge in [0.25, 0.3) is 5.91 Å². The Balaban J connectivity index is 2.23. The number of halogens is 2. The molecule has 6 heteroatoms. The molecule has 0 saturated heterocycles. The molecule has 1 N–H and O–H groups in total. The monoisotopic (exact) mass is 297 g/mol. The van der Waals surface area contributed by atoms with Crippen LogP contribution >= 0.6 is 23.2 Å². The summed E-state index contributed by atoms with van der Waals surface area (Å²) in [5.74, 6) is -0.226. The average Bonchev–Trinajstić information content (AvgIpc) is 2.68. The number of amides is 1. The number of carbonyl (C=O) groups excluding carboxylic acids is 1. The average molecular weight is 298 g/mol. The first-order valence-electron chi connectivity index (χ1n) is 5.81. The molecule has 0 aliphatic heterocycles. The van der Waals surface area contributed by atoms with Crippen molar-refractivity contribution >= 4 is 34.8 Å². The van der Waals surface area contributed by atoms with Gasteiger partial charge < -0.3 is 5.32 Å². The molecule has 1 heterocycles. The Kier molecular flexibility index (Phi) is 4.12. The van der Waals surface area contributed by atoms with Gasteiger partial charge in [0.15, 0.2) is 0 Å². The first-order chi connectivity index (χ1) is 9.01. The summed E-state index contributed by atoms with van der Waals surface area (Å²) in [6.45, 7) is 4.55. The first kappa shape index (κ1) is 13.9. The van der Waals surface area contributed by atoms with Gasteiger partial charge in [-0.1, -0.05) is 23.2 Å². The number of hydrogen-bond acceptors (Lipinski definition) is 2. The molecule has 2 rings (SSSR count). The Hall–Kier alpha value is -1.52. The van der Waals surface area contributed by atoms with Crippen LogP contribution in [-0.2, 0) is 6.54 Å². The third-order valence-corrected chi connectivity index (χ3v) is 3.20. The van der Waals surface area contributed by atoms with E-state index in [9.17, 15) is 4.79 Å². The summed E-state index contributed by atoms with van der Waals surface area (Å²) in [5.41, 5.74) is 1.93. The lowest BCUT2D eigenvalue weighted by molar-refractivity contribution is 0.102. The Morgan fingerprint density at radius 2 is 1.95 bits per heavy atom. The largest absolute Gasteiger partial charge is 0.322 e. The van der Waals surface area contributed by atoms with E-state index in [1.807, 2.05) is 13.8 Å². The highest BCUT2D eigenvalue weighted by Gasteiger charge is 2.14. The normalized spacial score (nSPS) is 10.5. The van der Waals surface area contributed by atoms with Gasteiger partial charge in [0.1, 0.15) is 0 Å². The number of hydrogen-bond donors (Lipinski definition) is 1. The SMILES string of the molecule is CCn1ncc(C(=O)Nc2cc(Cl)cc(Cl)c2)c1C. The van der Waals surface area contributed by atoms with E-state index in [2.05, 4.69) is 10.4 Å². The number of carbonyl (C=O) groups is 1. The van der Waals surface area contributed by atoms with E-state index in [0.29, 0.717) is 21.3 Å². The third kappa shape index (κ3) is 3.08. The molecule has 19 heavy (non-hydrogen) atoms. The maximum absolute atomic E-state index is 12.1. The molecule has 0 bridgehead atoms. The predicted molar refractivity (Wildman–Crippen MR) is 77.1 cm³/mol. The molecule has 1 aromatic heterocycles. The van der Waals surface area contributed by atoms with Crippen LogP contribution in [0.25, 0.3) is 0 Å². The summed E-state index contributed by atoms with van der Waals surface area (Å²) in [4.78, 5) is 12.1. The van der Waals surface area contributed by atoms with Crippen molar-refractivity contribution < 1.29 is 4.79 Å². The van der Waals surface area contributed by atoms with Gasteiger partial charge in [-0.3, -0.25) is 9.48 Å². The molecule has 0 aliphatic carbocycles. The van der Waals surface area contributed by atoms with Crippen molar-refractivity contribution in [1.29, 1.82) is 0 Å². The minimum absolute atomic E-state index is 0.226. The lowest BCUT2D eigenvalue weighted by Crippen LogP contribution is -2.13. The van der Waals surface area contributed by atoms with Crippen LogP contribution in [0.4, 0.5) is 5.69 Å². The van der Waals surface area contributed by atoms with Crippen molar-refractivity contribution in [1.82, 2.24) is 9.78 Å². The highest BCUT2D eigenvalue weighted by molar-refractivity contribution is 6.35. The van der Waals surface area contributed by atoms with Crippen LogP contribution in [0.1, 0.15) is 23.0 Å². The fourth-order valence-electron chi connectivity index (χ4n) is 1.81. The molecule has 0 aliphatic rings. The standard InChI is InChI=1S/C13H13Cl2N3O/c1-3-18-8(2)12(7-16-18)13(19)17-11-5-9(14)4-10(15)6-11/h4-7H,3H2,1-2H3,(H,17,19). The number of aromatic nitrogens is 2. The van der Waals surface area contributed by atoms with Crippen LogP contribution in [0, 0.1) is 6.92 Å². The second kappa shape index (κ2) is 5.63. The topological polar surface area (TPSA) is 46.9 Å². The van der Waals surface area contributed by atoms with E-state index < -0.39 is 0 Å². The van der Waals surface area contributed by atoms with E-state index in [-0.39, 0.29) is 5.91 Å². The molecular weight excluding hydrogens is 285 g/mol. The van der Waals surface area contributed by atoms with Gasteiger partial charge in [-0.05, 0) is 32.0 Å². The second-order valence-electron chi connectivity index (χ2n) is 4.07. The van der Waals surface area contributed by atoms with Crippen LogP contribution < -0.4 is 5.32 Å². The zero-order valence-electron chi connectivity index (χ0n) is 10.6. The van der Waals surface area contributed by atoms with Crippen LogP contribution in [0.5, 0.6) is 0 Å². The van der Waals surface area contributed by atoms with E-state index in [1.54, 1.807) is 29.1 Å². The summed E-state index contributed by atoms with van der Waals surface area (Å²) in [7, 11) is 0. The predicted octanol–water partition coefficient (Wildman–Crippen LogP) is 3.77. The summed E-state index contributed by atoms with van der Waals surface area (Å²) in [5, 5.41) is 7.84. The Morgan fingerprint density at radius 3 is 2.47 bits per heavy atom. The van der Waals surface area contributed by atoms with Gasteiger partial charge in [0, 0.05) is 28.0 Å². The van der Waals surface area contributed by atoms with Crippen molar-refractivity contribution in [3.8, 4) is 0 Å². The molecule has 4 nitrogen and oxygen atoms in total. The summed E-state index contributed by atoms with van der Waals surface area (Å²) in [6, 6.07) is 4.90. The number of anilines is 1. The van der Waals surface area contributed by atoms with E-state index in [0.717, 1.165) is 12.2 Å². The van der Waals surface area contributed by atoms with Crippen LogP contribution in [0.3, 0.4) is 0 Å². The zero-order chi connectivity index (χ0) is 14.0. The quantitative estimate of drug-likeness (QED) is 0.937. The fraction of sp³-hybridized carbons (Fsp3) is 0.231. The van der Waals surface area contributed by atoms with Gasteiger partial charge in [0.2, 0.25) is 0 Å². The highest BCUT2D eigenvalue weighted by Crippen LogP contribution is 2.23. The van der Waals surface area contributed by atoms with Gasteiger partial charge >= 0.3 is 0 Å². The van der Waals surface area contributed by atoms with Gasteiger partial charge in [-0.2, -0.15) is 5.10 Å².